The van der Waals surface area contributed by atoms with Crippen LogP contribution in [-0.4, -0.2) is 357 Å². The lowest BCUT2D eigenvalue weighted by molar-refractivity contribution is -0.272. The van der Waals surface area contributed by atoms with Crippen molar-refractivity contribution in [1.82, 2.24) is 46.6 Å². The number of likely N-dealkylation sites (tertiary alicyclic amines) is 1. The largest absolute Gasteiger partial charge is 0.778 e. The van der Waals surface area contributed by atoms with E-state index in [1.54, 1.807) is 25.7 Å². The molecule has 4 heterocycles. The van der Waals surface area contributed by atoms with Crippen molar-refractivity contribution >= 4 is 54.9 Å². The highest BCUT2D eigenvalue weighted by molar-refractivity contribution is 7.51. The molecule has 0 saturated carbocycles. The van der Waals surface area contributed by atoms with Gasteiger partial charge in [0.25, 0.3) is 0 Å². The van der Waals surface area contributed by atoms with Gasteiger partial charge < -0.3 is 144 Å². The smallest absolute Gasteiger partial charge is 0.239 e. The van der Waals surface area contributed by atoms with E-state index in [4.69, 9.17) is 47.2 Å². The van der Waals surface area contributed by atoms with Crippen LogP contribution in [0.25, 0.3) is 0 Å². The highest BCUT2D eigenvalue weighted by Crippen LogP contribution is 2.45. The van der Waals surface area contributed by atoms with Gasteiger partial charge in [0.1, 0.15) is 80.7 Å². The molecule has 4 rings (SSSR count). The van der Waals surface area contributed by atoms with Crippen LogP contribution in [0, 0.1) is 5.41 Å². The molecule has 39 heteroatoms. The molecule has 0 bridgehead atoms. The molecule has 0 aromatic rings. The van der Waals surface area contributed by atoms with Gasteiger partial charge in [0.15, 0.2) is 18.9 Å². The lowest BCUT2D eigenvalue weighted by Crippen LogP contribution is -2.64. The van der Waals surface area contributed by atoms with Gasteiger partial charge in [0.2, 0.25) is 47.3 Å². The summed E-state index contributed by atoms with van der Waals surface area (Å²) in [5.74, 6) is -4.07. The Morgan fingerprint density at radius 3 is 1.25 bits per heavy atom. The molecule has 15 N–H and O–H groups in total. The Bertz CT molecular complexity index is 2450. The minimum atomic E-state index is -4.14. The van der Waals surface area contributed by atoms with Crippen LogP contribution in [0.15, 0.2) is 0 Å². The zero-order chi connectivity index (χ0) is 73.4. The summed E-state index contributed by atoms with van der Waals surface area (Å²) < 4.78 is 68.6. The Labute approximate surface area is 575 Å². The Hall–Kier alpha value is -4.85. The molecular formula is C60H107N9O29P-. The first-order valence-electron chi connectivity index (χ1n) is 33.2. The van der Waals surface area contributed by atoms with Gasteiger partial charge in [-0.15, -0.1) is 0 Å². The van der Waals surface area contributed by atoms with Crippen molar-refractivity contribution in [3.05, 3.63) is 0 Å². The maximum Gasteiger partial charge on any atom is 0.239 e. The zero-order valence-electron chi connectivity index (χ0n) is 57.2. The van der Waals surface area contributed by atoms with Crippen molar-refractivity contribution in [3.8, 4) is 0 Å². The third-order valence-electron chi connectivity index (χ3n) is 15.9. The number of rotatable bonds is 44. The van der Waals surface area contributed by atoms with E-state index in [9.17, 15) is 93.8 Å². The topological polar surface area (TPSA) is 533 Å². The van der Waals surface area contributed by atoms with Gasteiger partial charge in [0, 0.05) is 85.6 Å². The fourth-order valence-electron chi connectivity index (χ4n) is 11.1. The van der Waals surface area contributed by atoms with E-state index < -0.39 is 179 Å². The molecule has 4 fully saturated rings. The molecule has 0 aliphatic carbocycles. The molecule has 8 amide bonds. The van der Waals surface area contributed by atoms with Crippen LogP contribution >= 0.6 is 7.60 Å². The van der Waals surface area contributed by atoms with Gasteiger partial charge in [0.05, 0.1) is 105 Å². The van der Waals surface area contributed by atoms with Crippen molar-refractivity contribution in [1.29, 1.82) is 0 Å². The van der Waals surface area contributed by atoms with E-state index in [0.29, 0.717) is 12.8 Å². The minimum Gasteiger partial charge on any atom is -0.778 e. The van der Waals surface area contributed by atoms with Crippen molar-refractivity contribution in [2.75, 3.05) is 151 Å². The van der Waals surface area contributed by atoms with E-state index in [-0.39, 0.29) is 156 Å². The summed E-state index contributed by atoms with van der Waals surface area (Å²) in [6.45, 7) is 5.43. The number of piperidine rings is 1. The Morgan fingerprint density at radius 2 is 0.899 bits per heavy atom. The van der Waals surface area contributed by atoms with E-state index >= 15 is 0 Å². The van der Waals surface area contributed by atoms with E-state index in [2.05, 4.69) is 31.9 Å². The maximum atomic E-state index is 14.0. The van der Waals surface area contributed by atoms with Gasteiger partial charge in [-0.05, 0) is 31.1 Å². The summed E-state index contributed by atoms with van der Waals surface area (Å²) >= 11 is 0. The molecule has 38 nitrogen and oxygen atoms in total. The summed E-state index contributed by atoms with van der Waals surface area (Å²) in [6, 6.07) is -3.53. The summed E-state index contributed by atoms with van der Waals surface area (Å²) in [4.78, 5) is 120. The van der Waals surface area contributed by atoms with Gasteiger partial charge in [-0.3, -0.25) is 43.3 Å². The van der Waals surface area contributed by atoms with E-state index in [1.165, 1.54) is 30.6 Å². The third kappa shape index (κ3) is 31.7. The minimum absolute atomic E-state index is 0.00873. The quantitative estimate of drug-likeness (QED) is 0.0199. The number of aliphatic hydroxyl groups excluding tert-OH is 9. The number of hydrogen-bond acceptors (Lipinski definition) is 30. The molecule has 16 unspecified atom stereocenters. The van der Waals surface area contributed by atoms with Crippen LogP contribution in [0.4, 0.5) is 0 Å². The first kappa shape index (κ1) is 86.6. The molecule has 16 atom stereocenters. The average molecular weight is 1450 g/mol. The first-order valence-corrected chi connectivity index (χ1v) is 34.9. The lowest BCUT2D eigenvalue weighted by atomic mass is 9.97. The number of carbonyl (C=O) groups is 8. The first-order chi connectivity index (χ1) is 46.9. The predicted molar refractivity (Wildman–Crippen MR) is 340 cm³/mol. The standard InChI is InChI=1S/C60H108N9O29P/c1-36(73)64-48-54(84)51(81)40(32-70)95-57(48)92-26-23-89-20-13-61-43(76)29-67(30-44(77)62-14-21-90-24-27-93-58-49(65-37(2)74)55(85)52(82)41(33-71)96-58)16-8-17-69(47(80)10-7-9-46(79)68-18-11-39(12-19-68)98-99(87,88)35-60(4,5)6)31-45(78)63-15-22-91-25-28-94-59-50(66-38(3)75)56(86)53(83)42(34-72)97-59/h39-42,48-59,70-72,81-86H,7-35H2,1-6H3,(H,61,76)(H,62,77)(H,63,78)(H,64,73)(H,65,74)(H,66,75)(H,87,88)/p-1. The number of hydrogen-bond donors (Lipinski definition) is 15. The SMILES string of the molecule is CC(=O)NC1C(OCCOCCNC(=O)CN(CCCN(CC(=O)NCCOCCOC2OC(CO)C(O)C(O)C2NC(C)=O)C(=O)CCCC(=O)N2CCC(OP(=O)([O-])CC(C)(C)C)CC2)CC(=O)NCCOCCOC2OC(CO)C(O)C(O)C2NC(C)=O)OC(CO)C(O)C1O. The highest BCUT2D eigenvalue weighted by atomic mass is 31.2. The van der Waals surface area contributed by atoms with Gasteiger partial charge in [-0.2, -0.15) is 0 Å². The number of nitrogens with one attached hydrogen (secondary N) is 6. The molecule has 4 aliphatic rings. The van der Waals surface area contributed by atoms with Crippen LogP contribution < -0.4 is 36.8 Å². The second kappa shape index (κ2) is 44.6. The molecule has 4 aliphatic heterocycles. The van der Waals surface area contributed by atoms with Crippen molar-refractivity contribution < 1.29 is 141 Å². The average Bonchev–Trinajstić information content (AvgIpc) is 0.830. The van der Waals surface area contributed by atoms with E-state index in [0.717, 1.165) is 0 Å². The van der Waals surface area contributed by atoms with Crippen LogP contribution in [0.5, 0.6) is 0 Å². The lowest BCUT2D eigenvalue weighted by Gasteiger charge is -2.42. The van der Waals surface area contributed by atoms with Crippen molar-refractivity contribution in [3.63, 3.8) is 0 Å². The normalized spacial score (nSPS) is 27.4. The third-order valence-corrected chi connectivity index (χ3v) is 17.8. The van der Waals surface area contributed by atoms with Gasteiger partial charge in [-0.1, -0.05) is 20.8 Å². The predicted octanol–water partition coefficient (Wildman–Crippen LogP) is -8.44. The molecule has 0 radical (unpaired) electrons. The molecule has 0 aromatic carbocycles. The number of ether oxygens (including phenoxy) is 9. The second-order valence-corrected chi connectivity index (χ2v) is 27.3. The number of nitrogens with zero attached hydrogens (tertiary/aromatic N) is 3. The van der Waals surface area contributed by atoms with Crippen molar-refractivity contribution in [2.45, 2.75) is 178 Å². The van der Waals surface area contributed by atoms with Crippen LogP contribution in [-0.2, 0) is 90.1 Å². The molecular weight excluding hydrogens is 1340 g/mol. The summed E-state index contributed by atoms with van der Waals surface area (Å²) in [5, 5.41) is 107. The maximum absolute atomic E-state index is 14.0. The Morgan fingerprint density at radius 1 is 0.525 bits per heavy atom. The highest BCUT2D eigenvalue weighted by Gasteiger charge is 2.48. The monoisotopic (exact) mass is 1450 g/mol. The Balaban J connectivity index is 1.37. The summed E-state index contributed by atoms with van der Waals surface area (Å²) in [5.41, 5.74) is -0.512. The summed E-state index contributed by atoms with van der Waals surface area (Å²) in [7, 11) is -4.14. The molecule has 99 heavy (non-hydrogen) atoms. The van der Waals surface area contributed by atoms with Gasteiger partial charge in [-0.25, -0.2) is 0 Å². The molecule has 572 valence electrons. The van der Waals surface area contributed by atoms with Gasteiger partial charge >= 0.3 is 0 Å². The molecule has 0 spiro atoms. The fraction of sp³-hybridized carbons (Fsp3) is 0.867. The fourth-order valence-corrected chi connectivity index (χ4v) is 13.0. The van der Waals surface area contributed by atoms with Crippen molar-refractivity contribution in [2.24, 2.45) is 5.41 Å². The summed E-state index contributed by atoms with van der Waals surface area (Å²) in [6.07, 6.45) is -16.7. The molecule has 0 aromatic heterocycles. The van der Waals surface area contributed by atoms with Crippen LogP contribution in [0.2, 0.25) is 0 Å². The Kier molecular flexibility index (Phi) is 39.0. The van der Waals surface area contributed by atoms with E-state index in [1.807, 2.05) is 0 Å². The molecule has 4 saturated heterocycles. The number of carbonyl (C=O) groups excluding carboxylic acids is 8. The van der Waals surface area contributed by atoms with Crippen LogP contribution in [0.1, 0.15) is 80.1 Å². The van der Waals surface area contributed by atoms with Crippen LogP contribution in [0.3, 0.4) is 0 Å². The zero-order valence-corrected chi connectivity index (χ0v) is 58.1. The number of amides is 8. The second-order valence-electron chi connectivity index (χ2n) is 25.5. The number of aliphatic hydroxyl groups is 9.